The molecule has 6 nitrogen and oxygen atoms in total. The van der Waals surface area contributed by atoms with Gasteiger partial charge in [-0.3, -0.25) is 0 Å². The first-order valence-corrected chi connectivity index (χ1v) is 7.81. The molecule has 0 heterocycles. The average molecular weight is 341 g/mol. The van der Waals surface area contributed by atoms with Crippen molar-refractivity contribution in [3.63, 3.8) is 0 Å². The number of carboxylic acid groups (broad SMARTS) is 1. The van der Waals surface area contributed by atoms with Crippen LogP contribution in [-0.2, 0) is 4.74 Å². The molecule has 0 unspecified atom stereocenters. The van der Waals surface area contributed by atoms with E-state index in [1.807, 2.05) is 20.8 Å². The fraction of sp³-hybridized carbons (Fsp3) is 0.500. The number of carbonyl (C=O) groups is 2. The third kappa shape index (κ3) is 5.03. The molecule has 0 aromatic heterocycles. The van der Waals surface area contributed by atoms with Crippen molar-refractivity contribution in [2.75, 3.05) is 5.32 Å². The highest BCUT2D eigenvalue weighted by Gasteiger charge is 2.31. The van der Waals surface area contributed by atoms with Crippen molar-refractivity contribution in [3.8, 4) is 0 Å². The molecule has 0 atom stereocenters. The highest BCUT2D eigenvalue weighted by atomic mass is 35.5. The third-order valence-corrected chi connectivity index (χ3v) is 3.76. The van der Waals surface area contributed by atoms with E-state index < -0.39 is 17.7 Å². The maximum absolute atomic E-state index is 11.7. The first-order valence-electron chi connectivity index (χ1n) is 7.43. The van der Waals surface area contributed by atoms with Crippen molar-refractivity contribution in [1.82, 2.24) is 5.32 Å². The lowest BCUT2D eigenvalue weighted by Crippen LogP contribution is -2.50. The van der Waals surface area contributed by atoms with E-state index >= 15 is 0 Å². The number of nitrogens with one attached hydrogen (secondary N) is 2. The Bertz CT molecular complexity index is 607. The molecule has 0 aliphatic heterocycles. The van der Waals surface area contributed by atoms with Crippen LogP contribution >= 0.6 is 11.6 Å². The summed E-state index contributed by atoms with van der Waals surface area (Å²) in [6, 6.07) is 5.05. The Labute approximate surface area is 140 Å². The summed E-state index contributed by atoms with van der Waals surface area (Å²) in [4.78, 5) is 22.7. The van der Waals surface area contributed by atoms with Gasteiger partial charge in [0.2, 0.25) is 0 Å². The maximum atomic E-state index is 11.7. The Kier molecular flexibility index (Phi) is 5.04. The summed E-state index contributed by atoms with van der Waals surface area (Å²) in [6.07, 6.45) is 1.09. The van der Waals surface area contributed by atoms with Gasteiger partial charge < -0.3 is 20.5 Å². The van der Waals surface area contributed by atoms with Crippen LogP contribution in [0.15, 0.2) is 18.2 Å². The van der Waals surface area contributed by atoms with E-state index in [4.69, 9.17) is 21.4 Å². The number of carbonyl (C=O) groups excluding carboxylic acids is 1. The molecule has 7 heteroatoms. The van der Waals surface area contributed by atoms with Crippen molar-refractivity contribution in [2.45, 2.75) is 51.3 Å². The van der Waals surface area contributed by atoms with Gasteiger partial charge >= 0.3 is 12.1 Å². The Hall–Kier alpha value is -1.95. The molecular formula is C16H21ClN2O4. The molecule has 1 aliphatic carbocycles. The van der Waals surface area contributed by atoms with E-state index in [-0.39, 0.29) is 22.7 Å². The van der Waals surface area contributed by atoms with Crippen molar-refractivity contribution >= 4 is 29.4 Å². The second-order valence-corrected chi connectivity index (χ2v) is 7.06. The van der Waals surface area contributed by atoms with Gasteiger partial charge in [-0.1, -0.05) is 11.6 Å². The molecular weight excluding hydrogens is 320 g/mol. The number of hydrogen-bond donors (Lipinski definition) is 3. The number of ether oxygens (including phenoxy) is 1. The fourth-order valence-corrected chi connectivity index (χ4v) is 2.54. The quantitative estimate of drug-likeness (QED) is 0.780. The lowest BCUT2D eigenvalue weighted by molar-refractivity contribution is 0.0475. The summed E-state index contributed by atoms with van der Waals surface area (Å²) in [7, 11) is 0. The summed E-state index contributed by atoms with van der Waals surface area (Å²) < 4.78 is 5.20. The number of hydrogen-bond acceptors (Lipinski definition) is 4. The topological polar surface area (TPSA) is 87.7 Å². The Morgan fingerprint density at radius 3 is 2.48 bits per heavy atom. The number of aromatic carboxylic acids is 1. The van der Waals surface area contributed by atoms with Crippen LogP contribution in [0.4, 0.5) is 10.5 Å². The van der Waals surface area contributed by atoms with Gasteiger partial charge in [-0.2, -0.15) is 0 Å². The van der Waals surface area contributed by atoms with E-state index in [2.05, 4.69) is 10.6 Å². The largest absolute Gasteiger partial charge is 0.478 e. The fourth-order valence-electron chi connectivity index (χ4n) is 2.34. The third-order valence-electron chi connectivity index (χ3n) is 3.43. The molecule has 2 rings (SSSR count). The number of halogens is 1. The predicted molar refractivity (Wildman–Crippen MR) is 88.2 cm³/mol. The number of rotatable bonds is 4. The molecule has 3 N–H and O–H groups in total. The van der Waals surface area contributed by atoms with Crippen LogP contribution in [0.25, 0.3) is 0 Å². The SMILES string of the molecule is CC(C)(C)OC(=O)NC1CC(Nc2ccc(Cl)c(C(=O)O)c2)C1. The molecule has 0 bridgehead atoms. The number of alkyl carbamates (subject to hydrolysis) is 1. The van der Waals surface area contributed by atoms with Gasteiger partial charge in [-0.05, 0) is 51.8 Å². The van der Waals surface area contributed by atoms with Gasteiger partial charge in [-0.25, -0.2) is 9.59 Å². The second kappa shape index (κ2) is 6.66. The molecule has 1 aliphatic rings. The van der Waals surface area contributed by atoms with E-state index in [0.717, 1.165) is 12.8 Å². The van der Waals surface area contributed by atoms with Gasteiger partial charge in [0.15, 0.2) is 0 Å². The van der Waals surface area contributed by atoms with Gasteiger partial charge in [0.1, 0.15) is 5.60 Å². The minimum absolute atomic E-state index is 0.0635. The zero-order chi connectivity index (χ0) is 17.2. The zero-order valence-electron chi connectivity index (χ0n) is 13.4. The minimum Gasteiger partial charge on any atom is -0.478 e. The number of carboxylic acids is 1. The molecule has 1 aromatic carbocycles. The maximum Gasteiger partial charge on any atom is 0.407 e. The molecule has 126 valence electrons. The lowest BCUT2D eigenvalue weighted by Gasteiger charge is -2.37. The highest BCUT2D eigenvalue weighted by molar-refractivity contribution is 6.33. The predicted octanol–water partition coefficient (Wildman–Crippen LogP) is 3.51. The average Bonchev–Trinajstić information content (AvgIpc) is 2.35. The molecule has 0 radical (unpaired) electrons. The molecule has 1 saturated carbocycles. The van der Waals surface area contributed by atoms with Crippen molar-refractivity contribution in [1.29, 1.82) is 0 Å². The zero-order valence-corrected chi connectivity index (χ0v) is 14.1. The molecule has 1 fully saturated rings. The van der Waals surface area contributed by atoms with Crippen LogP contribution in [0.1, 0.15) is 44.0 Å². The van der Waals surface area contributed by atoms with E-state index in [1.165, 1.54) is 6.07 Å². The summed E-state index contributed by atoms with van der Waals surface area (Å²) in [5, 5.41) is 15.3. The smallest absolute Gasteiger partial charge is 0.407 e. The van der Waals surface area contributed by atoms with Crippen molar-refractivity contribution < 1.29 is 19.4 Å². The van der Waals surface area contributed by atoms with E-state index in [0.29, 0.717) is 5.69 Å². The van der Waals surface area contributed by atoms with Gasteiger partial charge in [-0.15, -0.1) is 0 Å². The Morgan fingerprint density at radius 2 is 1.91 bits per heavy atom. The van der Waals surface area contributed by atoms with Crippen LogP contribution in [0.2, 0.25) is 5.02 Å². The minimum atomic E-state index is -1.06. The molecule has 23 heavy (non-hydrogen) atoms. The first kappa shape index (κ1) is 17.4. The molecule has 1 aromatic rings. The lowest BCUT2D eigenvalue weighted by atomic mass is 9.86. The van der Waals surface area contributed by atoms with Gasteiger partial charge in [0, 0.05) is 17.8 Å². The van der Waals surface area contributed by atoms with Crippen LogP contribution < -0.4 is 10.6 Å². The molecule has 1 amide bonds. The van der Waals surface area contributed by atoms with Crippen LogP contribution in [0.3, 0.4) is 0 Å². The van der Waals surface area contributed by atoms with Crippen LogP contribution in [0, 0.1) is 0 Å². The summed E-state index contributed by atoms with van der Waals surface area (Å²) in [6.45, 7) is 5.45. The normalized spacial score (nSPS) is 20.3. The van der Waals surface area contributed by atoms with E-state index in [9.17, 15) is 9.59 Å². The molecule has 0 spiro atoms. The number of amides is 1. The summed E-state index contributed by atoms with van der Waals surface area (Å²) >= 11 is 5.84. The number of benzene rings is 1. The highest BCUT2D eigenvalue weighted by Crippen LogP contribution is 2.27. The van der Waals surface area contributed by atoms with Gasteiger partial charge in [0.25, 0.3) is 0 Å². The Balaban J connectivity index is 1.81. The standard InChI is InChI=1S/C16H21ClN2O4/c1-16(2,3)23-15(22)19-11-6-10(7-11)18-9-4-5-13(17)12(8-9)14(20)21/h4-5,8,10-11,18H,6-7H2,1-3H3,(H,19,22)(H,20,21). The molecule has 0 saturated heterocycles. The monoisotopic (exact) mass is 340 g/mol. The summed E-state index contributed by atoms with van der Waals surface area (Å²) in [5.74, 6) is -1.06. The van der Waals surface area contributed by atoms with Crippen molar-refractivity contribution in [3.05, 3.63) is 28.8 Å². The first-order chi connectivity index (χ1) is 10.6. The second-order valence-electron chi connectivity index (χ2n) is 6.66. The van der Waals surface area contributed by atoms with Gasteiger partial charge in [0.05, 0.1) is 10.6 Å². The van der Waals surface area contributed by atoms with Crippen molar-refractivity contribution in [2.24, 2.45) is 0 Å². The Morgan fingerprint density at radius 1 is 1.26 bits per heavy atom. The van der Waals surface area contributed by atoms with E-state index in [1.54, 1.807) is 12.1 Å². The van der Waals surface area contributed by atoms with Crippen LogP contribution in [-0.4, -0.2) is 34.9 Å². The number of anilines is 1. The summed E-state index contributed by atoms with van der Waals surface area (Å²) in [5.41, 5.74) is 0.258. The van der Waals surface area contributed by atoms with Crippen LogP contribution in [0.5, 0.6) is 0 Å².